The van der Waals surface area contributed by atoms with E-state index in [0.717, 1.165) is 48.3 Å². The first-order valence-electron chi connectivity index (χ1n) is 12.3. The second kappa shape index (κ2) is 8.63. The molecule has 0 N–H and O–H groups in total. The Morgan fingerprint density at radius 2 is 1.82 bits per heavy atom. The molecule has 2 heterocycles. The third-order valence-electron chi connectivity index (χ3n) is 7.53. The van der Waals surface area contributed by atoms with Crippen molar-refractivity contribution in [2.24, 2.45) is 5.92 Å². The van der Waals surface area contributed by atoms with Gasteiger partial charge < -0.3 is 14.5 Å². The van der Waals surface area contributed by atoms with Crippen LogP contribution in [0.3, 0.4) is 0 Å². The topological polar surface area (TPSA) is 49.9 Å². The lowest BCUT2D eigenvalue weighted by molar-refractivity contribution is -0.143. The second-order valence-corrected chi connectivity index (χ2v) is 12.0. The maximum atomic E-state index is 14.2. The molecule has 1 atom stereocenters. The molecule has 2 aromatic rings. The lowest BCUT2D eigenvalue weighted by Crippen LogP contribution is -2.51. The van der Waals surface area contributed by atoms with E-state index in [2.05, 4.69) is 45.0 Å². The van der Waals surface area contributed by atoms with Crippen LogP contribution in [0.1, 0.15) is 63.1 Å². The number of nitrogens with zero attached hydrogens (tertiary/aromatic N) is 2. The van der Waals surface area contributed by atoms with E-state index in [-0.39, 0.29) is 23.1 Å². The van der Waals surface area contributed by atoms with Crippen LogP contribution in [-0.2, 0) is 26.4 Å². The van der Waals surface area contributed by atoms with Gasteiger partial charge in [0.15, 0.2) is 4.87 Å². The maximum absolute atomic E-state index is 14.2. The third-order valence-corrected chi connectivity index (χ3v) is 8.95. The number of hydrogen-bond acceptors (Lipinski definition) is 4. The van der Waals surface area contributed by atoms with Crippen LogP contribution in [0, 0.1) is 5.92 Å². The monoisotopic (exact) mass is 478 g/mol. The highest BCUT2D eigenvalue weighted by molar-refractivity contribution is 8.01. The van der Waals surface area contributed by atoms with Gasteiger partial charge in [-0.15, -0.1) is 11.8 Å². The van der Waals surface area contributed by atoms with Gasteiger partial charge in [0.05, 0.1) is 19.3 Å². The SMILES string of the molecule is COc1ccc2c(c1)[C@]1(SCCN1C(=O)C1CCCC1)C(=O)N2Cc1ccc(C(C)(C)C)cc1. The summed E-state index contributed by atoms with van der Waals surface area (Å²) in [5.74, 6) is 1.64. The minimum absolute atomic E-state index is 0.00972. The molecule has 2 fully saturated rings. The van der Waals surface area contributed by atoms with Crippen molar-refractivity contribution in [3.8, 4) is 5.75 Å². The number of thioether (sulfide) groups is 1. The summed E-state index contributed by atoms with van der Waals surface area (Å²) in [6.45, 7) is 7.69. The van der Waals surface area contributed by atoms with E-state index in [9.17, 15) is 9.59 Å². The molecular formula is C28H34N2O3S. The standard InChI is InChI=1S/C28H34N2O3S/c1-27(2,3)21-11-9-19(10-12-21)18-29-24-14-13-22(33-4)17-23(24)28(26(29)32)30(15-16-34-28)25(31)20-7-5-6-8-20/h9-14,17,20H,5-8,15-16,18H2,1-4H3/t28-/m0/s1. The molecule has 2 aliphatic heterocycles. The zero-order valence-corrected chi connectivity index (χ0v) is 21.4. The first-order chi connectivity index (χ1) is 16.3. The van der Waals surface area contributed by atoms with E-state index in [4.69, 9.17) is 4.74 Å². The van der Waals surface area contributed by atoms with Crippen LogP contribution in [0.15, 0.2) is 42.5 Å². The van der Waals surface area contributed by atoms with Gasteiger partial charge >= 0.3 is 0 Å². The molecule has 0 radical (unpaired) electrons. The molecular weight excluding hydrogens is 444 g/mol. The normalized spacial score (nSPS) is 22.6. The Hall–Kier alpha value is -2.47. The van der Waals surface area contributed by atoms with Crippen molar-refractivity contribution in [3.63, 3.8) is 0 Å². The Balaban J connectivity index is 1.53. The number of hydrogen-bond donors (Lipinski definition) is 0. The number of carbonyl (C=O) groups excluding carboxylic acids is 2. The predicted molar refractivity (Wildman–Crippen MR) is 137 cm³/mol. The van der Waals surface area contributed by atoms with Gasteiger partial charge in [-0.05, 0) is 47.6 Å². The summed E-state index contributed by atoms with van der Waals surface area (Å²) in [5, 5.41) is 0. The van der Waals surface area contributed by atoms with Crippen LogP contribution in [0.5, 0.6) is 5.75 Å². The Labute approximate surface area is 206 Å². The molecule has 1 saturated heterocycles. The summed E-state index contributed by atoms with van der Waals surface area (Å²) >= 11 is 1.60. The molecule has 0 bridgehead atoms. The number of rotatable bonds is 4. The summed E-state index contributed by atoms with van der Waals surface area (Å²) in [6, 6.07) is 14.4. The lowest BCUT2D eigenvalue weighted by Gasteiger charge is -2.35. The number of anilines is 1. The third kappa shape index (κ3) is 3.71. The number of benzene rings is 2. The minimum atomic E-state index is -0.991. The van der Waals surface area contributed by atoms with Crippen molar-refractivity contribution in [2.45, 2.75) is 63.3 Å². The Morgan fingerprint density at radius 3 is 2.47 bits per heavy atom. The highest BCUT2D eigenvalue weighted by atomic mass is 32.2. The number of amides is 2. The van der Waals surface area contributed by atoms with E-state index in [1.165, 1.54) is 5.56 Å². The molecule has 5 rings (SSSR count). The van der Waals surface area contributed by atoms with Gasteiger partial charge in [-0.1, -0.05) is 57.9 Å². The fourth-order valence-electron chi connectivity index (χ4n) is 5.59. The summed E-state index contributed by atoms with van der Waals surface area (Å²) in [5.41, 5.74) is 4.19. The molecule has 5 nitrogen and oxygen atoms in total. The average Bonchev–Trinajstić information content (AvgIpc) is 3.56. The van der Waals surface area contributed by atoms with Gasteiger partial charge in [-0.25, -0.2) is 0 Å². The molecule has 1 saturated carbocycles. The van der Waals surface area contributed by atoms with Crippen LogP contribution < -0.4 is 9.64 Å². The fourth-order valence-corrected chi connectivity index (χ4v) is 7.04. The quantitative estimate of drug-likeness (QED) is 0.586. The van der Waals surface area contributed by atoms with Crippen molar-refractivity contribution >= 4 is 29.3 Å². The van der Waals surface area contributed by atoms with Crippen molar-refractivity contribution in [3.05, 3.63) is 59.2 Å². The molecule has 6 heteroatoms. The second-order valence-electron chi connectivity index (χ2n) is 10.7. The molecule has 3 aliphatic rings. The molecule has 0 aromatic heterocycles. The Kier molecular flexibility index (Phi) is 5.91. The van der Waals surface area contributed by atoms with Crippen LogP contribution in [0.25, 0.3) is 0 Å². The van der Waals surface area contributed by atoms with Gasteiger partial charge in [-0.3, -0.25) is 9.59 Å². The summed E-state index contributed by atoms with van der Waals surface area (Å²) in [7, 11) is 1.64. The maximum Gasteiger partial charge on any atom is 0.268 e. The molecule has 180 valence electrons. The largest absolute Gasteiger partial charge is 0.497 e. The van der Waals surface area contributed by atoms with Crippen molar-refractivity contribution < 1.29 is 14.3 Å². The number of carbonyl (C=O) groups is 2. The first kappa shape index (κ1) is 23.3. The number of ether oxygens (including phenoxy) is 1. The number of methoxy groups -OCH3 is 1. The zero-order chi connectivity index (χ0) is 24.1. The molecule has 2 amide bonds. The highest BCUT2D eigenvalue weighted by Gasteiger charge is 2.60. The van der Waals surface area contributed by atoms with E-state index >= 15 is 0 Å². The smallest absolute Gasteiger partial charge is 0.268 e. The molecule has 34 heavy (non-hydrogen) atoms. The molecule has 0 unspecified atom stereocenters. The predicted octanol–water partition coefficient (Wildman–Crippen LogP) is 5.46. The van der Waals surface area contributed by atoms with E-state index in [1.54, 1.807) is 18.9 Å². The van der Waals surface area contributed by atoms with Gasteiger partial charge in [0.1, 0.15) is 5.75 Å². The average molecular weight is 479 g/mol. The minimum Gasteiger partial charge on any atom is -0.497 e. The van der Waals surface area contributed by atoms with Crippen LogP contribution in [-0.4, -0.2) is 36.1 Å². The first-order valence-corrected chi connectivity index (χ1v) is 13.3. The molecule has 2 aromatic carbocycles. The van der Waals surface area contributed by atoms with Crippen molar-refractivity contribution in [1.29, 1.82) is 0 Å². The number of fused-ring (bicyclic) bond motifs is 2. The fraction of sp³-hybridized carbons (Fsp3) is 0.500. The Bertz CT molecular complexity index is 1100. The summed E-state index contributed by atoms with van der Waals surface area (Å²) in [4.78, 5) is 30.6. The summed E-state index contributed by atoms with van der Waals surface area (Å²) < 4.78 is 5.53. The summed E-state index contributed by atoms with van der Waals surface area (Å²) in [6.07, 6.45) is 4.05. The van der Waals surface area contributed by atoms with Gasteiger partial charge in [0, 0.05) is 23.8 Å². The van der Waals surface area contributed by atoms with Crippen LogP contribution >= 0.6 is 11.8 Å². The van der Waals surface area contributed by atoms with E-state index < -0.39 is 4.87 Å². The van der Waals surface area contributed by atoms with Crippen LogP contribution in [0.2, 0.25) is 0 Å². The molecule has 1 aliphatic carbocycles. The van der Waals surface area contributed by atoms with Gasteiger partial charge in [0.2, 0.25) is 5.91 Å². The van der Waals surface area contributed by atoms with E-state index in [0.29, 0.717) is 18.8 Å². The van der Waals surface area contributed by atoms with Gasteiger partial charge in [-0.2, -0.15) is 0 Å². The van der Waals surface area contributed by atoms with E-state index in [1.807, 2.05) is 28.0 Å². The van der Waals surface area contributed by atoms with Crippen molar-refractivity contribution in [1.82, 2.24) is 4.90 Å². The van der Waals surface area contributed by atoms with Gasteiger partial charge in [0.25, 0.3) is 5.91 Å². The molecule has 1 spiro atoms. The zero-order valence-electron chi connectivity index (χ0n) is 20.6. The van der Waals surface area contributed by atoms with Crippen molar-refractivity contribution in [2.75, 3.05) is 24.3 Å². The highest BCUT2D eigenvalue weighted by Crippen LogP contribution is 2.56. The lowest BCUT2D eigenvalue weighted by atomic mass is 9.87. The van der Waals surface area contributed by atoms with Crippen LogP contribution in [0.4, 0.5) is 5.69 Å². The Morgan fingerprint density at radius 1 is 1.12 bits per heavy atom.